The van der Waals surface area contributed by atoms with Gasteiger partial charge in [-0.2, -0.15) is 0 Å². The first kappa shape index (κ1) is 10.5. The van der Waals surface area contributed by atoms with Crippen LogP contribution >= 0.6 is 11.3 Å². The van der Waals surface area contributed by atoms with Crippen molar-refractivity contribution in [2.24, 2.45) is 0 Å². The van der Waals surface area contributed by atoms with E-state index in [4.69, 9.17) is 0 Å². The summed E-state index contributed by atoms with van der Waals surface area (Å²) < 4.78 is 1.12. The van der Waals surface area contributed by atoms with E-state index in [2.05, 4.69) is 10.3 Å². The molecule has 2 heterocycles. The van der Waals surface area contributed by atoms with Crippen molar-refractivity contribution in [1.82, 2.24) is 0 Å². The summed E-state index contributed by atoms with van der Waals surface area (Å²) in [5, 5.41) is 13.9. The van der Waals surface area contributed by atoms with Crippen LogP contribution < -0.4 is 4.90 Å². The Bertz CT molecular complexity index is 573. The third-order valence-electron chi connectivity index (χ3n) is 3.19. The molecule has 0 amide bonds. The Morgan fingerprint density at radius 1 is 1.29 bits per heavy atom. The molecule has 2 aromatic rings. The largest absolute Gasteiger partial charge is 0.370 e. The van der Waals surface area contributed by atoms with Crippen molar-refractivity contribution in [2.75, 3.05) is 18.0 Å². The topological polar surface area (TPSA) is 46.4 Å². The minimum Gasteiger partial charge on any atom is -0.370 e. The van der Waals surface area contributed by atoms with Gasteiger partial charge in [-0.05, 0) is 18.9 Å². The molecule has 0 spiro atoms. The first-order valence-corrected chi connectivity index (χ1v) is 6.54. The van der Waals surface area contributed by atoms with Crippen LogP contribution in [0.1, 0.15) is 12.8 Å². The van der Waals surface area contributed by atoms with Crippen LogP contribution in [0.3, 0.4) is 0 Å². The molecule has 1 aliphatic rings. The Hall–Kier alpha value is -1.62. The molecule has 5 heteroatoms. The SMILES string of the molecule is O=[N+]([O-])c1ccc2scc(N3CCCC3)c2c1. The van der Waals surface area contributed by atoms with Crippen LogP contribution in [0.15, 0.2) is 23.6 Å². The predicted octanol–water partition coefficient (Wildman–Crippen LogP) is 3.41. The zero-order chi connectivity index (χ0) is 11.8. The molecule has 0 bridgehead atoms. The van der Waals surface area contributed by atoms with E-state index < -0.39 is 0 Å². The molecule has 1 aliphatic heterocycles. The molecule has 0 aliphatic carbocycles. The maximum atomic E-state index is 10.8. The predicted molar refractivity (Wildman–Crippen MR) is 69.9 cm³/mol. The molecule has 0 unspecified atom stereocenters. The third-order valence-corrected chi connectivity index (χ3v) is 4.15. The molecule has 1 fully saturated rings. The van der Waals surface area contributed by atoms with Crippen LogP contribution in [-0.2, 0) is 0 Å². The first-order valence-electron chi connectivity index (χ1n) is 5.66. The number of nitro benzene ring substituents is 1. The summed E-state index contributed by atoms with van der Waals surface area (Å²) in [6, 6.07) is 5.11. The highest BCUT2D eigenvalue weighted by Crippen LogP contribution is 2.36. The quantitative estimate of drug-likeness (QED) is 0.604. The molecule has 1 saturated heterocycles. The van der Waals surface area contributed by atoms with E-state index in [0.29, 0.717) is 0 Å². The molecular weight excluding hydrogens is 236 g/mol. The first-order chi connectivity index (χ1) is 8.25. The van der Waals surface area contributed by atoms with Gasteiger partial charge in [-0.3, -0.25) is 10.1 Å². The molecule has 0 radical (unpaired) electrons. The number of non-ortho nitro benzene ring substituents is 1. The van der Waals surface area contributed by atoms with Gasteiger partial charge in [0, 0.05) is 40.7 Å². The molecule has 3 rings (SSSR count). The number of thiophene rings is 1. The molecule has 0 saturated carbocycles. The van der Waals surface area contributed by atoms with Crippen LogP contribution in [0.2, 0.25) is 0 Å². The van der Waals surface area contributed by atoms with Gasteiger partial charge < -0.3 is 4.90 Å². The van der Waals surface area contributed by atoms with Gasteiger partial charge in [0.05, 0.1) is 10.6 Å². The normalized spacial score (nSPS) is 15.6. The maximum absolute atomic E-state index is 10.8. The fraction of sp³-hybridized carbons (Fsp3) is 0.333. The van der Waals surface area contributed by atoms with E-state index >= 15 is 0 Å². The smallest absolute Gasteiger partial charge is 0.270 e. The van der Waals surface area contributed by atoms with Gasteiger partial charge in [-0.15, -0.1) is 11.3 Å². The molecule has 0 atom stereocenters. The van der Waals surface area contributed by atoms with Crippen molar-refractivity contribution < 1.29 is 4.92 Å². The summed E-state index contributed by atoms with van der Waals surface area (Å²) in [6.07, 6.45) is 2.43. The highest BCUT2D eigenvalue weighted by molar-refractivity contribution is 7.17. The number of anilines is 1. The summed E-state index contributed by atoms with van der Waals surface area (Å²) in [4.78, 5) is 12.8. The third kappa shape index (κ3) is 1.76. The molecular formula is C12H12N2O2S. The van der Waals surface area contributed by atoms with Crippen LogP contribution in [0.4, 0.5) is 11.4 Å². The molecule has 1 aromatic carbocycles. The lowest BCUT2D eigenvalue weighted by atomic mass is 10.2. The van der Waals surface area contributed by atoms with Crippen LogP contribution in [-0.4, -0.2) is 18.0 Å². The van der Waals surface area contributed by atoms with Gasteiger partial charge in [0.15, 0.2) is 0 Å². The van der Waals surface area contributed by atoms with Gasteiger partial charge in [0.2, 0.25) is 0 Å². The Labute approximate surface area is 103 Å². The lowest BCUT2D eigenvalue weighted by Gasteiger charge is -2.15. The lowest BCUT2D eigenvalue weighted by Crippen LogP contribution is -2.16. The second kappa shape index (κ2) is 4.00. The van der Waals surface area contributed by atoms with Crippen LogP contribution in [0.25, 0.3) is 10.1 Å². The van der Waals surface area contributed by atoms with Gasteiger partial charge in [0.1, 0.15) is 0 Å². The summed E-state index contributed by atoms with van der Waals surface area (Å²) in [7, 11) is 0. The van der Waals surface area contributed by atoms with E-state index in [1.54, 1.807) is 23.5 Å². The molecule has 88 valence electrons. The fourth-order valence-electron chi connectivity index (χ4n) is 2.32. The molecule has 0 N–H and O–H groups in total. The van der Waals surface area contributed by atoms with Gasteiger partial charge in [-0.25, -0.2) is 0 Å². The van der Waals surface area contributed by atoms with Crippen molar-refractivity contribution in [1.29, 1.82) is 0 Å². The maximum Gasteiger partial charge on any atom is 0.270 e. The van der Waals surface area contributed by atoms with E-state index in [1.165, 1.54) is 12.8 Å². The van der Waals surface area contributed by atoms with Crippen molar-refractivity contribution in [3.8, 4) is 0 Å². The number of nitro groups is 1. The van der Waals surface area contributed by atoms with E-state index in [-0.39, 0.29) is 10.6 Å². The Balaban J connectivity index is 2.11. The Kier molecular flexibility index (Phi) is 2.48. The lowest BCUT2D eigenvalue weighted by molar-refractivity contribution is -0.384. The van der Waals surface area contributed by atoms with E-state index in [9.17, 15) is 10.1 Å². The van der Waals surface area contributed by atoms with Crippen molar-refractivity contribution in [3.05, 3.63) is 33.7 Å². The molecule has 17 heavy (non-hydrogen) atoms. The number of hydrogen-bond donors (Lipinski definition) is 0. The summed E-state index contributed by atoms with van der Waals surface area (Å²) in [5.41, 5.74) is 1.34. The zero-order valence-electron chi connectivity index (χ0n) is 9.26. The summed E-state index contributed by atoms with van der Waals surface area (Å²) in [6.45, 7) is 2.13. The average molecular weight is 248 g/mol. The van der Waals surface area contributed by atoms with E-state index in [1.807, 2.05) is 6.07 Å². The van der Waals surface area contributed by atoms with Gasteiger partial charge >= 0.3 is 0 Å². The second-order valence-electron chi connectivity index (χ2n) is 4.25. The number of benzene rings is 1. The van der Waals surface area contributed by atoms with E-state index in [0.717, 1.165) is 28.9 Å². The monoisotopic (exact) mass is 248 g/mol. The van der Waals surface area contributed by atoms with Crippen LogP contribution in [0.5, 0.6) is 0 Å². The highest BCUT2D eigenvalue weighted by atomic mass is 32.1. The number of fused-ring (bicyclic) bond motifs is 1. The zero-order valence-corrected chi connectivity index (χ0v) is 10.1. The van der Waals surface area contributed by atoms with Gasteiger partial charge in [-0.1, -0.05) is 0 Å². The number of nitrogens with zero attached hydrogens (tertiary/aromatic N) is 2. The Morgan fingerprint density at radius 3 is 2.76 bits per heavy atom. The number of hydrogen-bond acceptors (Lipinski definition) is 4. The van der Waals surface area contributed by atoms with Gasteiger partial charge in [0.25, 0.3) is 5.69 Å². The second-order valence-corrected chi connectivity index (χ2v) is 5.16. The minimum atomic E-state index is -0.329. The Morgan fingerprint density at radius 2 is 2.06 bits per heavy atom. The molecule has 1 aromatic heterocycles. The highest BCUT2D eigenvalue weighted by Gasteiger charge is 2.17. The fourth-order valence-corrected chi connectivity index (χ4v) is 3.27. The number of rotatable bonds is 2. The van der Waals surface area contributed by atoms with Crippen LogP contribution in [0, 0.1) is 10.1 Å². The minimum absolute atomic E-state index is 0.177. The summed E-state index contributed by atoms with van der Waals surface area (Å²) in [5.74, 6) is 0. The summed E-state index contributed by atoms with van der Waals surface area (Å²) >= 11 is 1.66. The average Bonchev–Trinajstić information content (AvgIpc) is 2.96. The van der Waals surface area contributed by atoms with Crippen molar-refractivity contribution in [3.63, 3.8) is 0 Å². The standard InChI is InChI=1S/C12H12N2O2S/c15-14(16)9-3-4-12-10(7-9)11(8-17-12)13-5-1-2-6-13/h3-4,7-8H,1-2,5-6H2. The van der Waals surface area contributed by atoms with Crippen molar-refractivity contribution >= 4 is 32.8 Å². The van der Waals surface area contributed by atoms with Crippen molar-refractivity contribution in [2.45, 2.75) is 12.8 Å². The molecule has 4 nitrogen and oxygen atoms in total.